The molecule has 0 bridgehead atoms. The third-order valence-corrected chi connectivity index (χ3v) is 6.00. The zero-order valence-corrected chi connectivity index (χ0v) is 18.2. The minimum atomic E-state index is -0.379. The molecule has 164 valence electrons. The maximum atomic E-state index is 13.4. The van der Waals surface area contributed by atoms with Gasteiger partial charge >= 0.3 is 0 Å². The molecule has 1 atom stereocenters. The second-order valence-electron chi connectivity index (χ2n) is 8.00. The van der Waals surface area contributed by atoms with Crippen molar-refractivity contribution in [2.24, 2.45) is 5.92 Å². The van der Waals surface area contributed by atoms with Crippen LogP contribution in [0.5, 0.6) is 5.75 Å². The van der Waals surface area contributed by atoms with Gasteiger partial charge in [0.15, 0.2) is 0 Å². The van der Waals surface area contributed by atoms with Gasteiger partial charge in [0.2, 0.25) is 11.8 Å². The average molecular weight is 437 g/mol. The second kappa shape index (κ2) is 8.74. The summed E-state index contributed by atoms with van der Waals surface area (Å²) in [5.41, 5.74) is 3.61. The maximum absolute atomic E-state index is 13.4. The standard InChI is InChI=1S/C27H23N3O3/c1-33-25-12-11-22(23-13-14-28-17-24(23)25)18-7-9-21(10-8-18)30(20-5-3-2-4-6-20)27(32)19-15-26(31)29-16-19/h2-14,17,19H,15-16H2,1H3,(H,29,31). The van der Waals surface area contributed by atoms with E-state index in [0.29, 0.717) is 6.54 Å². The zero-order valence-electron chi connectivity index (χ0n) is 18.2. The van der Waals surface area contributed by atoms with E-state index in [1.165, 1.54) is 0 Å². The van der Waals surface area contributed by atoms with Gasteiger partial charge in [-0.15, -0.1) is 0 Å². The SMILES string of the molecule is COc1ccc(-c2ccc(N(C(=O)C3CNC(=O)C3)c3ccccc3)cc2)c2ccncc12. The van der Waals surface area contributed by atoms with Crippen LogP contribution in [0.15, 0.2) is 85.2 Å². The number of benzene rings is 3. The normalized spacial score (nSPS) is 15.3. The zero-order chi connectivity index (χ0) is 22.8. The van der Waals surface area contributed by atoms with Crippen LogP contribution in [0.25, 0.3) is 21.9 Å². The maximum Gasteiger partial charge on any atom is 0.236 e. The fraction of sp³-hybridized carbons (Fsp3) is 0.148. The quantitative estimate of drug-likeness (QED) is 0.491. The summed E-state index contributed by atoms with van der Waals surface area (Å²) in [6.45, 7) is 0.366. The topological polar surface area (TPSA) is 71.5 Å². The number of amides is 2. The van der Waals surface area contributed by atoms with E-state index in [-0.39, 0.29) is 24.2 Å². The highest BCUT2D eigenvalue weighted by atomic mass is 16.5. The molecule has 1 fully saturated rings. The number of nitrogens with one attached hydrogen (secondary N) is 1. The van der Waals surface area contributed by atoms with Crippen molar-refractivity contribution < 1.29 is 14.3 Å². The van der Waals surface area contributed by atoms with Crippen molar-refractivity contribution in [3.63, 3.8) is 0 Å². The van der Waals surface area contributed by atoms with Crippen LogP contribution in [0.2, 0.25) is 0 Å². The molecular formula is C27H23N3O3. The lowest BCUT2D eigenvalue weighted by Gasteiger charge is -2.25. The molecule has 1 aliphatic heterocycles. The third kappa shape index (κ3) is 3.91. The third-order valence-electron chi connectivity index (χ3n) is 6.00. The Morgan fingerprint density at radius 3 is 2.42 bits per heavy atom. The highest BCUT2D eigenvalue weighted by Gasteiger charge is 2.32. The Labute approximate surface area is 191 Å². The van der Waals surface area contributed by atoms with E-state index in [0.717, 1.165) is 39.0 Å². The molecule has 0 spiro atoms. The van der Waals surface area contributed by atoms with Gasteiger partial charge in [-0.2, -0.15) is 0 Å². The molecule has 6 heteroatoms. The number of ether oxygens (including phenoxy) is 1. The number of hydrogen-bond acceptors (Lipinski definition) is 4. The molecular weight excluding hydrogens is 414 g/mol. The number of rotatable bonds is 5. The minimum Gasteiger partial charge on any atom is -0.496 e. The number of carbonyl (C=O) groups excluding carboxylic acids is 2. The molecule has 0 aliphatic carbocycles. The van der Waals surface area contributed by atoms with Crippen molar-refractivity contribution in [3.05, 3.63) is 85.2 Å². The van der Waals surface area contributed by atoms with Crippen molar-refractivity contribution in [1.82, 2.24) is 10.3 Å². The summed E-state index contributed by atoms with van der Waals surface area (Å²) in [5, 5.41) is 4.75. The molecule has 2 heterocycles. The van der Waals surface area contributed by atoms with Crippen LogP contribution in [0.1, 0.15) is 6.42 Å². The first kappa shape index (κ1) is 20.7. The van der Waals surface area contributed by atoms with Gasteiger partial charge in [0, 0.05) is 42.1 Å². The lowest BCUT2D eigenvalue weighted by molar-refractivity contribution is -0.124. The Balaban J connectivity index is 1.54. The van der Waals surface area contributed by atoms with Gasteiger partial charge in [-0.25, -0.2) is 0 Å². The molecule has 1 aromatic heterocycles. The van der Waals surface area contributed by atoms with Gasteiger partial charge in [0.05, 0.1) is 13.0 Å². The van der Waals surface area contributed by atoms with Crippen LogP contribution in [-0.4, -0.2) is 30.5 Å². The summed E-state index contributed by atoms with van der Waals surface area (Å²) in [4.78, 5) is 31.1. The van der Waals surface area contributed by atoms with Crippen LogP contribution in [0, 0.1) is 5.92 Å². The smallest absolute Gasteiger partial charge is 0.236 e. The van der Waals surface area contributed by atoms with Crippen LogP contribution >= 0.6 is 0 Å². The number of aromatic nitrogens is 1. The number of nitrogens with zero attached hydrogens (tertiary/aromatic N) is 2. The lowest BCUT2D eigenvalue weighted by atomic mass is 9.98. The van der Waals surface area contributed by atoms with Crippen LogP contribution in [0.4, 0.5) is 11.4 Å². The van der Waals surface area contributed by atoms with E-state index in [1.54, 1.807) is 24.4 Å². The van der Waals surface area contributed by atoms with Gasteiger partial charge in [0.1, 0.15) is 5.75 Å². The van der Waals surface area contributed by atoms with Gasteiger partial charge in [-0.1, -0.05) is 36.4 Å². The van der Waals surface area contributed by atoms with Crippen LogP contribution in [-0.2, 0) is 9.59 Å². The van der Waals surface area contributed by atoms with Gasteiger partial charge in [0.25, 0.3) is 0 Å². The first-order valence-corrected chi connectivity index (χ1v) is 10.8. The molecule has 33 heavy (non-hydrogen) atoms. The number of carbonyl (C=O) groups is 2. The highest BCUT2D eigenvalue weighted by molar-refractivity contribution is 6.05. The molecule has 0 radical (unpaired) electrons. The number of para-hydroxylation sites is 1. The van der Waals surface area contributed by atoms with Crippen molar-refractivity contribution >= 4 is 34.0 Å². The molecule has 2 amide bonds. The van der Waals surface area contributed by atoms with Gasteiger partial charge < -0.3 is 10.1 Å². The van der Waals surface area contributed by atoms with Crippen molar-refractivity contribution in [1.29, 1.82) is 0 Å². The summed E-state index contributed by atoms with van der Waals surface area (Å²) in [6, 6.07) is 23.4. The number of methoxy groups -OCH3 is 1. The van der Waals surface area contributed by atoms with Gasteiger partial charge in [-0.3, -0.25) is 19.5 Å². The number of fused-ring (bicyclic) bond motifs is 1. The van der Waals surface area contributed by atoms with E-state index in [4.69, 9.17) is 4.74 Å². The van der Waals surface area contributed by atoms with E-state index >= 15 is 0 Å². The molecule has 6 nitrogen and oxygen atoms in total. The Morgan fingerprint density at radius 1 is 0.970 bits per heavy atom. The molecule has 3 aromatic carbocycles. The van der Waals surface area contributed by atoms with Crippen molar-refractivity contribution in [3.8, 4) is 16.9 Å². The minimum absolute atomic E-state index is 0.0856. The summed E-state index contributed by atoms with van der Waals surface area (Å²) in [7, 11) is 1.65. The monoisotopic (exact) mass is 437 g/mol. The summed E-state index contributed by atoms with van der Waals surface area (Å²) in [5.74, 6) is 0.223. The molecule has 4 aromatic rings. The van der Waals surface area contributed by atoms with E-state index in [2.05, 4.69) is 10.3 Å². The summed E-state index contributed by atoms with van der Waals surface area (Å²) in [6.07, 6.45) is 3.79. The van der Waals surface area contributed by atoms with E-state index < -0.39 is 0 Å². The van der Waals surface area contributed by atoms with Crippen molar-refractivity contribution in [2.45, 2.75) is 6.42 Å². The predicted molar refractivity (Wildman–Crippen MR) is 128 cm³/mol. The summed E-state index contributed by atoms with van der Waals surface area (Å²) < 4.78 is 5.49. The first-order chi connectivity index (χ1) is 16.2. The number of anilines is 2. The fourth-order valence-corrected chi connectivity index (χ4v) is 4.33. The molecule has 1 aliphatic rings. The molecule has 1 saturated heterocycles. The number of pyridine rings is 1. The Hall–Kier alpha value is -4.19. The van der Waals surface area contributed by atoms with E-state index in [1.807, 2.05) is 72.8 Å². The molecule has 5 rings (SSSR count). The Bertz CT molecular complexity index is 1320. The van der Waals surface area contributed by atoms with Crippen molar-refractivity contribution in [2.75, 3.05) is 18.6 Å². The highest BCUT2D eigenvalue weighted by Crippen LogP contribution is 2.36. The average Bonchev–Trinajstić information content (AvgIpc) is 3.31. The Morgan fingerprint density at radius 2 is 1.73 bits per heavy atom. The molecule has 0 saturated carbocycles. The number of hydrogen-bond donors (Lipinski definition) is 1. The fourth-order valence-electron chi connectivity index (χ4n) is 4.33. The van der Waals surface area contributed by atoms with Gasteiger partial charge in [-0.05, 0) is 52.9 Å². The predicted octanol–water partition coefficient (Wildman–Crippen LogP) is 4.71. The Kier molecular flexibility index (Phi) is 5.48. The molecule has 1 unspecified atom stereocenters. The molecule has 1 N–H and O–H groups in total. The van der Waals surface area contributed by atoms with E-state index in [9.17, 15) is 9.59 Å². The summed E-state index contributed by atoms with van der Waals surface area (Å²) >= 11 is 0. The van der Waals surface area contributed by atoms with Crippen LogP contribution < -0.4 is 15.0 Å². The lowest BCUT2D eigenvalue weighted by Crippen LogP contribution is -2.33. The first-order valence-electron chi connectivity index (χ1n) is 10.8. The van der Waals surface area contributed by atoms with Crippen LogP contribution in [0.3, 0.4) is 0 Å². The second-order valence-corrected chi connectivity index (χ2v) is 8.00. The largest absolute Gasteiger partial charge is 0.496 e.